The number of nitrogens with one attached hydrogen (secondary N) is 1. The van der Waals surface area contributed by atoms with E-state index in [0.29, 0.717) is 28.6 Å². The molecule has 0 bridgehead atoms. The fourth-order valence-corrected chi connectivity index (χ4v) is 6.01. The molecule has 0 fully saturated rings. The van der Waals surface area contributed by atoms with E-state index < -0.39 is 16.1 Å². The Morgan fingerprint density at radius 2 is 1.50 bits per heavy atom. The smallest absolute Gasteiger partial charge is 0.243 e. The molecular weight excluding hydrogens is 569 g/mol. The van der Waals surface area contributed by atoms with Crippen LogP contribution >= 0.6 is 23.2 Å². The molecule has 3 aromatic rings. The molecule has 214 valence electrons. The summed E-state index contributed by atoms with van der Waals surface area (Å²) in [6.45, 7) is 2.60. The summed E-state index contributed by atoms with van der Waals surface area (Å²) in [5.41, 5.74) is 1.44. The minimum absolute atomic E-state index is 0.0308. The molecule has 3 aromatic carbocycles. The zero-order valence-corrected chi connectivity index (χ0v) is 25.1. The van der Waals surface area contributed by atoms with Crippen LogP contribution in [0, 0.1) is 0 Å². The first-order chi connectivity index (χ1) is 19.1. The Labute approximate surface area is 247 Å². The van der Waals surface area contributed by atoms with Crippen LogP contribution < -0.4 is 5.32 Å². The van der Waals surface area contributed by atoms with Gasteiger partial charge in [-0.3, -0.25) is 9.59 Å². The lowest BCUT2D eigenvalue weighted by Crippen LogP contribution is -2.50. The van der Waals surface area contributed by atoms with Gasteiger partial charge < -0.3 is 10.2 Å². The standard InChI is InChI=1S/C30H35Cl2N3O4S/c1-3-19-33-30(37)28(21-23-12-6-4-7-13-23)35(22-25-26(31)16-10-17-27(25)32)29(36)18-11-20-34(2)40(38,39)24-14-8-5-9-15-24/h4-10,12-17,28H,3,11,18-22H2,1-2H3,(H,33,37)/t28-/m1/s1. The molecule has 1 N–H and O–H groups in total. The number of hydrogen-bond acceptors (Lipinski definition) is 4. The minimum Gasteiger partial charge on any atom is -0.354 e. The van der Waals surface area contributed by atoms with Crippen molar-refractivity contribution in [3.05, 3.63) is 100 Å². The number of hydrogen-bond donors (Lipinski definition) is 1. The first-order valence-corrected chi connectivity index (χ1v) is 15.4. The molecule has 0 radical (unpaired) electrons. The second-order valence-electron chi connectivity index (χ2n) is 9.46. The van der Waals surface area contributed by atoms with E-state index in [1.807, 2.05) is 37.3 Å². The van der Waals surface area contributed by atoms with E-state index in [1.165, 1.54) is 28.4 Å². The van der Waals surface area contributed by atoms with Crippen molar-refractivity contribution in [3.8, 4) is 0 Å². The van der Waals surface area contributed by atoms with Crippen molar-refractivity contribution < 1.29 is 18.0 Å². The Bertz CT molecular complexity index is 1350. The number of sulfonamides is 1. The Balaban J connectivity index is 1.85. The maximum Gasteiger partial charge on any atom is 0.243 e. The van der Waals surface area contributed by atoms with E-state index in [2.05, 4.69) is 5.32 Å². The molecule has 1 atom stereocenters. The summed E-state index contributed by atoms with van der Waals surface area (Å²) in [5, 5.41) is 3.72. The molecule has 0 aliphatic rings. The molecule has 7 nitrogen and oxygen atoms in total. The first-order valence-electron chi connectivity index (χ1n) is 13.2. The summed E-state index contributed by atoms with van der Waals surface area (Å²) in [7, 11) is -2.20. The van der Waals surface area contributed by atoms with E-state index in [0.717, 1.165) is 12.0 Å². The molecule has 0 aromatic heterocycles. The third kappa shape index (κ3) is 8.54. The lowest BCUT2D eigenvalue weighted by atomic mass is 10.0. The van der Waals surface area contributed by atoms with Crippen molar-refractivity contribution in [2.75, 3.05) is 20.1 Å². The van der Waals surface area contributed by atoms with Crippen LogP contribution in [0.5, 0.6) is 0 Å². The summed E-state index contributed by atoms with van der Waals surface area (Å²) in [6.07, 6.45) is 1.34. The van der Waals surface area contributed by atoms with Crippen LogP contribution in [-0.4, -0.2) is 55.6 Å². The van der Waals surface area contributed by atoms with Crippen LogP contribution in [0.1, 0.15) is 37.3 Å². The Morgan fingerprint density at radius 1 is 0.900 bits per heavy atom. The largest absolute Gasteiger partial charge is 0.354 e. The van der Waals surface area contributed by atoms with Gasteiger partial charge in [0.15, 0.2) is 0 Å². The summed E-state index contributed by atoms with van der Waals surface area (Å²) in [6, 6.07) is 21.9. The second kappa shape index (κ2) is 15.2. The van der Waals surface area contributed by atoms with Gasteiger partial charge in [-0.1, -0.05) is 84.7 Å². The summed E-state index contributed by atoms with van der Waals surface area (Å²) in [4.78, 5) is 28.9. The molecule has 0 aliphatic carbocycles. The normalized spacial score (nSPS) is 12.2. The number of carbonyl (C=O) groups excluding carboxylic acids is 2. The third-order valence-corrected chi connectivity index (χ3v) is 9.10. The maximum atomic E-state index is 13.8. The van der Waals surface area contributed by atoms with Gasteiger partial charge in [0.1, 0.15) is 6.04 Å². The number of nitrogens with zero attached hydrogens (tertiary/aromatic N) is 2. The van der Waals surface area contributed by atoms with E-state index >= 15 is 0 Å². The van der Waals surface area contributed by atoms with Crippen LogP contribution in [0.15, 0.2) is 83.8 Å². The van der Waals surface area contributed by atoms with Gasteiger partial charge in [0, 0.05) is 55.1 Å². The van der Waals surface area contributed by atoms with Crippen LogP contribution in [0.3, 0.4) is 0 Å². The number of amides is 2. The topological polar surface area (TPSA) is 86.8 Å². The van der Waals surface area contributed by atoms with Gasteiger partial charge >= 0.3 is 0 Å². The molecule has 0 saturated carbocycles. The Kier molecular flexibility index (Phi) is 12.0. The zero-order chi connectivity index (χ0) is 29.1. The van der Waals surface area contributed by atoms with Gasteiger partial charge in [-0.15, -0.1) is 0 Å². The third-order valence-electron chi connectivity index (χ3n) is 6.53. The minimum atomic E-state index is -3.69. The molecule has 10 heteroatoms. The number of benzene rings is 3. The van der Waals surface area contributed by atoms with Gasteiger partial charge in [0.25, 0.3) is 0 Å². The Hall–Kier alpha value is -2.91. The zero-order valence-electron chi connectivity index (χ0n) is 22.7. The predicted octanol–water partition coefficient (Wildman–Crippen LogP) is 5.56. The van der Waals surface area contributed by atoms with E-state index in [9.17, 15) is 18.0 Å². The molecule has 0 saturated heterocycles. The average Bonchev–Trinajstić information content (AvgIpc) is 2.95. The van der Waals surface area contributed by atoms with Crippen molar-refractivity contribution in [2.24, 2.45) is 0 Å². The molecule has 40 heavy (non-hydrogen) atoms. The molecule has 0 heterocycles. The molecule has 3 rings (SSSR count). The maximum absolute atomic E-state index is 13.8. The van der Waals surface area contributed by atoms with Crippen molar-refractivity contribution in [1.82, 2.24) is 14.5 Å². The second-order valence-corrected chi connectivity index (χ2v) is 12.3. The molecule has 0 aliphatic heterocycles. The first kappa shape index (κ1) is 31.6. The SMILES string of the molecule is CCCNC(=O)[C@@H](Cc1ccccc1)N(Cc1c(Cl)cccc1Cl)C(=O)CCCN(C)S(=O)(=O)c1ccccc1. The van der Waals surface area contributed by atoms with Crippen molar-refractivity contribution >= 4 is 45.0 Å². The number of carbonyl (C=O) groups is 2. The van der Waals surface area contributed by atoms with Gasteiger partial charge in [0.2, 0.25) is 21.8 Å². The van der Waals surface area contributed by atoms with Crippen LogP contribution in [0.25, 0.3) is 0 Å². The van der Waals surface area contributed by atoms with Crippen molar-refractivity contribution in [3.63, 3.8) is 0 Å². The predicted molar refractivity (Wildman–Crippen MR) is 160 cm³/mol. The molecule has 0 unspecified atom stereocenters. The lowest BCUT2D eigenvalue weighted by Gasteiger charge is -2.32. The fraction of sp³-hybridized carbons (Fsp3) is 0.333. The lowest BCUT2D eigenvalue weighted by molar-refractivity contribution is -0.141. The monoisotopic (exact) mass is 603 g/mol. The van der Waals surface area contributed by atoms with Crippen LogP contribution in [0.2, 0.25) is 10.0 Å². The highest BCUT2D eigenvalue weighted by Crippen LogP contribution is 2.28. The molecule has 2 amide bonds. The van der Waals surface area contributed by atoms with E-state index in [1.54, 1.807) is 36.4 Å². The highest BCUT2D eigenvalue weighted by Gasteiger charge is 2.31. The fourth-order valence-electron chi connectivity index (χ4n) is 4.26. The van der Waals surface area contributed by atoms with Crippen molar-refractivity contribution in [1.29, 1.82) is 0 Å². The summed E-state index contributed by atoms with van der Waals surface area (Å²) < 4.78 is 27.1. The molecule has 0 spiro atoms. The average molecular weight is 605 g/mol. The molecular formula is C30H35Cl2N3O4S. The van der Waals surface area contributed by atoms with Crippen molar-refractivity contribution in [2.45, 2.75) is 50.1 Å². The summed E-state index contributed by atoms with van der Waals surface area (Å²) >= 11 is 12.9. The van der Waals surface area contributed by atoms with Crippen LogP contribution in [0.4, 0.5) is 0 Å². The number of halogens is 2. The van der Waals surface area contributed by atoms with Gasteiger partial charge in [-0.2, -0.15) is 0 Å². The number of rotatable bonds is 14. The highest BCUT2D eigenvalue weighted by atomic mass is 35.5. The van der Waals surface area contributed by atoms with E-state index in [-0.39, 0.29) is 42.6 Å². The highest BCUT2D eigenvalue weighted by molar-refractivity contribution is 7.89. The Morgan fingerprint density at radius 3 is 2.10 bits per heavy atom. The quantitative estimate of drug-likeness (QED) is 0.261. The van der Waals surface area contributed by atoms with Gasteiger partial charge in [0.05, 0.1) is 4.90 Å². The van der Waals surface area contributed by atoms with E-state index in [4.69, 9.17) is 23.2 Å². The van der Waals surface area contributed by atoms with Crippen LogP contribution in [-0.2, 0) is 32.6 Å². The van der Waals surface area contributed by atoms with Gasteiger partial charge in [-0.25, -0.2) is 12.7 Å². The summed E-state index contributed by atoms with van der Waals surface area (Å²) in [5.74, 6) is -0.569. The van der Waals surface area contributed by atoms with Gasteiger partial charge in [-0.05, 0) is 42.7 Å².